The Hall–Kier alpha value is -2.50. The molecule has 0 saturated carbocycles. The third-order valence-electron chi connectivity index (χ3n) is 2.68. The number of hydrogen-bond acceptors (Lipinski definition) is 6. The van der Waals surface area contributed by atoms with Crippen molar-refractivity contribution < 1.29 is 28.2 Å². The number of fused-ring (bicyclic) bond motifs is 1. The van der Waals surface area contributed by atoms with Crippen molar-refractivity contribution in [2.75, 3.05) is 13.7 Å². The summed E-state index contributed by atoms with van der Waals surface area (Å²) in [5, 5.41) is 0.589. The molecule has 0 N–H and O–H groups in total. The highest BCUT2D eigenvalue weighted by molar-refractivity contribution is 5.98. The van der Waals surface area contributed by atoms with Crippen LogP contribution in [0.25, 0.3) is 11.0 Å². The van der Waals surface area contributed by atoms with E-state index in [1.54, 1.807) is 45.0 Å². The normalized spacial score (nSPS) is 11.3. The first-order valence-corrected chi connectivity index (χ1v) is 6.76. The van der Waals surface area contributed by atoms with Gasteiger partial charge >= 0.3 is 11.9 Å². The Labute approximate surface area is 127 Å². The zero-order chi connectivity index (χ0) is 16.3. The second kappa shape index (κ2) is 6.09. The van der Waals surface area contributed by atoms with Gasteiger partial charge in [-0.25, -0.2) is 9.59 Å². The quantitative estimate of drug-likeness (QED) is 0.808. The van der Waals surface area contributed by atoms with Gasteiger partial charge in [-0.1, -0.05) is 12.1 Å². The van der Waals surface area contributed by atoms with Crippen molar-refractivity contribution in [2.45, 2.75) is 26.4 Å². The van der Waals surface area contributed by atoms with E-state index in [0.29, 0.717) is 11.0 Å². The molecule has 0 aliphatic heterocycles. The maximum Gasteiger partial charge on any atom is 0.377 e. The van der Waals surface area contributed by atoms with E-state index in [1.165, 1.54) is 7.11 Å². The third-order valence-corrected chi connectivity index (χ3v) is 2.68. The summed E-state index contributed by atoms with van der Waals surface area (Å²) in [5.41, 5.74) is -0.133. The molecule has 0 unspecified atom stereocenters. The number of methoxy groups -OCH3 is 1. The number of para-hydroxylation sites is 1. The predicted molar refractivity (Wildman–Crippen MR) is 78.9 cm³/mol. The maximum atomic E-state index is 11.8. The maximum absolute atomic E-state index is 11.8. The highest BCUT2D eigenvalue weighted by Crippen LogP contribution is 2.33. The second-order valence-electron chi connectivity index (χ2n) is 5.62. The van der Waals surface area contributed by atoms with Gasteiger partial charge in [0.1, 0.15) is 11.2 Å². The number of ether oxygens (including phenoxy) is 3. The van der Waals surface area contributed by atoms with Crippen molar-refractivity contribution in [3.63, 3.8) is 0 Å². The lowest BCUT2D eigenvalue weighted by molar-refractivity contribution is -0.157. The van der Waals surface area contributed by atoms with Crippen LogP contribution in [0, 0.1) is 0 Å². The number of benzene rings is 1. The van der Waals surface area contributed by atoms with Crippen molar-refractivity contribution in [3.05, 3.63) is 30.0 Å². The van der Waals surface area contributed by atoms with E-state index < -0.39 is 17.5 Å². The molecule has 118 valence electrons. The number of carbonyl (C=O) groups is 2. The van der Waals surface area contributed by atoms with Gasteiger partial charge in [-0.15, -0.1) is 0 Å². The lowest BCUT2D eigenvalue weighted by Gasteiger charge is -2.19. The van der Waals surface area contributed by atoms with E-state index in [9.17, 15) is 9.59 Å². The van der Waals surface area contributed by atoms with Crippen LogP contribution in [0.4, 0.5) is 0 Å². The fraction of sp³-hybridized carbons (Fsp3) is 0.375. The van der Waals surface area contributed by atoms with Crippen LogP contribution in [-0.4, -0.2) is 31.3 Å². The number of hydrogen-bond donors (Lipinski definition) is 0. The van der Waals surface area contributed by atoms with Crippen LogP contribution in [0.2, 0.25) is 0 Å². The lowest BCUT2D eigenvalue weighted by atomic mass is 10.2. The minimum Gasteiger partial charge on any atom is -0.477 e. The van der Waals surface area contributed by atoms with E-state index in [1.807, 2.05) is 0 Å². The van der Waals surface area contributed by atoms with Crippen LogP contribution in [0.15, 0.2) is 28.7 Å². The molecule has 1 heterocycles. The molecule has 22 heavy (non-hydrogen) atoms. The summed E-state index contributed by atoms with van der Waals surface area (Å²) in [6, 6.07) is 6.97. The van der Waals surface area contributed by atoms with Crippen molar-refractivity contribution >= 4 is 22.9 Å². The molecule has 2 aromatic rings. The zero-order valence-electron chi connectivity index (χ0n) is 13.0. The highest BCUT2D eigenvalue weighted by atomic mass is 16.6. The molecule has 0 radical (unpaired) electrons. The second-order valence-corrected chi connectivity index (χ2v) is 5.62. The van der Waals surface area contributed by atoms with Crippen LogP contribution >= 0.6 is 0 Å². The van der Waals surface area contributed by atoms with Crippen LogP contribution in [0.1, 0.15) is 31.3 Å². The SMILES string of the molecule is COC(=O)c1oc2ccccc2c1OCC(=O)OC(C)(C)C. The molecule has 6 heteroatoms. The first kappa shape index (κ1) is 15.9. The summed E-state index contributed by atoms with van der Waals surface area (Å²) in [4.78, 5) is 23.5. The molecular formula is C16H18O6. The molecule has 0 bridgehead atoms. The Morgan fingerprint density at radius 1 is 1.18 bits per heavy atom. The van der Waals surface area contributed by atoms with Gasteiger partial charge in [0.05, 0.1) is 12.5 Å². The van der Waals surface area contributed by atoms with Crippen molar-refractivity contribution in [1.29, 1.82) is 0 Å². The molecule has 1 aromatic heterocycles. The zero-order valence-corrected chi connectivity index (χ0v) is 13.0. The van der Waals surface area contributed by atoms with Gasteiger partial charge in [0.2, 0.25) is 0 Å². The van der Waals surface area contributed by atoms with Crippen LogP contribution in [0.5, 0.6) is 5.75 Å². The van der Waals surface area contributed by atoms with Crippen molar-refractivity contribution in [1.82, 2.24) is 0 Å². The smallest absolute Gasteiger partial charge is 0.377 e. The van der Waals surface area contributed by atoms with Gasteiger partial charge in [0.25, 0.3) is 5.76 Å². The van der Waals surface area contributed by atoms with Crippen molar-refractivity contribution in [2.24, 2.45) is 0 Å². The van der Waals surface area contributed by atoms with Crippen LogP contribution < -0.4 is 4.74 Å². The Balaban J connectivity index is 2.25. The fourth-order valence-corrected chi connectivity index (χ4v) is 1.89. The van der Waals surface area contributed by atoms with Gasteiger partial charge in [-0.2, -0.15) is 0 Å². The highest BCUT2D eigenvalue weighted by Gasteiger charge is 2.24. The van der Waals surface area contributed by atoms with Gasteiger partial charge in [-0.3, -0.25) is 0 Å². The minimum absolute atomic E-state index is 0.0766. The average molecular weight is 306 g/mol. The first-order chi connectivity index (χ1) is 10.3. The van der Waals surface area contributed by atoms with E-state index in [0.717, 1.165) is 0 Å². The Bertz CT molecular complexity index is 692. The number of rotatable bonds is 4. The number of esters is 2. The van der Waals surface area contributed by atoms with E-state index in [2.05, 4.69) is 4.74 Å². The molecule has 0 aliphatic carbocycles. The Morgan fingerprint density at radius 2 is 1.86 bits per heavy atom. The molecule has 0 amide bonds. The molecule has 2 rings (SSSR count). The minimum atomic E-state index is -0.671. The monoisotopic (exact) mass is 306 g/mol. The number of carbonyl (C=O) groups excluding carboxylic acids is 2. The first-order valence-electron chi connectivity index (χ1n) is 6.76. The number of furan rings is 1. The molecule has 0 fully saturated rings. The molecule has 0 atom stereocenters. The van der Waals surface area contributed by atoms with Crippen LogP contribution in [-0.2, 0) is 14.3 Å². The third kappa shape index (κ3) is 3.58. The fourth-order valence-electron chi connectivity index (χ4n) is 1.89. The van der Waals surface area contributed by atoms with Gasteiger partial charge in [0.15, 0.2) is 12.4 Å². The average Bonchev–Trinajstić information content (AvgIpc) is 2.81. The molecule has 6 nitrogen and oxygen atoms in total. The summed E-state index contributed by atoms with van der Waals surface area (Å²) >= 11 is 0. The predicted octanol–water partition coefficient (Wildman–Crippen LogP) is 2.94. The Kier molecular flexibility index (Phi) is 4.40. The lowest BCUT2D eigenvalue weighted by Crippen LogP contribution is -2.27. The van der Waals surface area contributed by atoms with Crippen LogP contribution in [0.3, 0.4) is 0 Å². The summed E-state index contributed by atoms with van der Waals surface area (Å²) in [6.07, 6.45) is 0. The standard InChI is InChI=1S/C16H18O6/c1-16(2,3)22-12(17)9-20-13-10-7-5-6-8-11(10)21-14(13)15(18)19-4/h5-8H,9H2,1-4H3. The van der Waals surface area contributed by atoms with Gasteiger partial charge in [-0.05, 0) is 32.9 Å². The Morgan fingerprint density at radius 3 is 2.50 bits per heavy atom. The summed E-state index contributed by atoms with van der Waals surface area (Å²) < 4.78 is 20.7. The summed E-state index contributed by atoms with van der Waals surface area (Å²) in [6.45, 7) is 4.96. The molecular weight excluding hydrogens is 288 g/mol. The van der Waals surface area contributed by atoms with Gasteiger partial charge < -0.3 is 18.6 Å². The largest absolute Gasteiger partial charge is 0.477 e. The van der Waals surface area contributed by atoms with E-state index in [4.69, 9.17) is 13.9 Å². The van der Waals surface area contributed by atoms with E-state index in [-0.39, 0.29) is 18.1 Å². The topological polar surface area (TPSA) is 75.0 Å². The molecule has 0 saturated heterocycles. The molecule has 1 aromatic carbocycles. The summed E-state index contributed by atoms with van der Waals surface area (Å²) in [5.74, 6) is -1.11. The van der Waals surface area contributed by atoms with Gasteiger partial charge in [0, 0.05) is 0 Å². The summed E-state index contributed by atoms with van der Waals surface area (Å²) in [7, 11) is 1.24. The van der Waals surface area contributed by atoms with Crippen molar-refractivity contribution in [3.8, 4) is 5.75 Å². The molecule has 0 aliphatic rings. The molecule has 0 spiro atoms. The van der Waals surface area contributed by atoms with E-state index >= 15 is 0 Å².